The van der Waals surface area contributed by atoms with Crippen LogP contribution in [0.15, 0.2) is 22.9 Å². The van der Waals surface area contributed by atoms with Crippen molar-refractivity contribution in [1.29, 1.82) is 0 Å². The molecule has 1 amide bonds. The Morgan fingerprint density at radius 2 is 2.21 bits per heavy atom. The smallest absolute Gasteiger partial charge is 0.224 e. The maximum atomic E-state index is 11.8. The van der Waals surface area contributed by atoms with Crippen molar-refractivity contribution in [1.82, 2.24) is 9.38 Å². The molecule has 0 spiro atoms. The number of hydrogen-bond acceptors (Lipinski definition) is 2. The Bertz CT molecular complexity index is 592. The van der Waals surface area contributed by atoms with Crippen LogP contribution in [0.3, 0.4) is 0 Å². The topological polar surface area (TPSA) is 46.4 Å². The first-order valence-electron chi connectivity index (χ1n) is 6.56. The Morgan fingerprint density at radius 1 is 1.42 bits per heavy atom. The van der Waals surface area contributed by atoms with Crippen LogP contribution >= 0.6 is 15.9 Å². The van der Waals surface area contributed by atoms with Gasteiger partial charge in [-0.1, -0.05) is 19.8 Å². The second kappa shape index (κ2) is 6.19. The lowest BCUT2D eigenvalue weighted by Crippen LogP contribution is -2.11. The van der Waals surface area contributed by atoms with Gasteiger partial charge in [0.25, 0.3) is 0 Å². The number of aromatic nitrogens is 2. The van der Waals surface area contributed by atoms with Crippen LogP contribution < -0.4 is 5.32 Å². The average Bonchev–Trinajstić information content (AvgIpc) is 2.66. The van der Waals surface area contributed by atoms with Crippen molar-refractivity contribution in [3.8, 4) is 0 Å². The van der Waals surface area contributed by atoms with Gasteiger partial charge in [0.05, 0.1) is 11.4 Å². The number of anilines is 1. The third-order valence-corrected chi connectivity index (χ3v) is 3.84. The van der Waals surface area contributed by atoms with E-state index in [4.69, 9.17) is 0 Å². The number of pyridine rings is 1. The highest BCUT2D eigenvalue weighted by Crippen LogP contribution is 2.19. The molecule has 0 fully saturated rings. The molecule has 2 rings (SSSR count). The monoisotopic (exact) mass is 323 g/mol. The second-order valence-corrected chi connectivity index (χ2v) is 5.39. The van der Waals surface area contributed by atoms with E-state index in [1.54, 1.807) is 0 Å². The van der Waals surface area contributed by atoms with Gasteiger partial charge in [0.1, 0.15) is 10.3 Å². The lowest BCUT2D eigenvalue weighted by Gasteiger charge is -2.06. The summed E-state index contributed by atoms with van der Waals surface area (Å²) in [5, 5.41) is 2.93. The van der Waals surface area contributed by atoms with Gasteiger partial charge in [-0.3, -0.25) is 4.79 Å². The maximum absolute atomic E-state index is 11.8. The summed E-state index contributed by atoms with van der Waals surface area (Å²) < 4.78 is 2.80. The lowest BCUT2D eigenvalue weighted by molar-refractivity contribution is -0.116. The normalized spacial score (nSPS) is 10.9. The molecule has 102 valence electrons. The highest BCUT2D eigenvalue weighted by Gasteiger charge is 2.07. The molecular formula is C14H18BrN3O. The van der Waals surface area contributed by atoms with Gasteiger partial charge in [-0.25, -0.2) is 4.98 Å². The second-order valence-electron chi connectivity index (χ2n) is 4.64. The quantitative estimate of drug-likeness (QED) is 0.847. The molecule has 2 aromatic heterocycles. The fourth-order valence-electron chi connectivity index (χ4n) is 1.97. The summed E-state index contributed by atoms with van der Waals surface area (Å²) in [7, 11) is 0. The van der Waals surface area contributed by atoms with E-state index < -0.39 is 0 Å². The molecule has 0 aliphatic heterocycles. The molecule has 0 radical (unpaired) electrons. The van der Waals surface area contributed by atoms with Gasteiger partial charge in [0, 0.05) is 12.6 Å². The van der Waals surface area contributed by atoms with Crippen molar-refractivity contribution >= 4 is 33.2 Å². The van der Waals surface area contributed by atoms with Crippen LogP contribution in [-0.4, -0.2) is 15.3 Å². The van der Waals surface area contributed by atoms with Crippen LogP contribution in [0, 0.1) is 6.92 Å². The number of imidazole rings is 1. The van der Waals surface area contributed by atoms with Crippen molar-refractivity contribution in [2.75, 3.05) is 5.32 Å². The van der Waals surface area contributed by atoms with Gasteiger partial charge >= 0.3 is 0 Å². The number of hydrogen-bond donors (Lipinski definition) is 1. The van der Waals surface area contributed by atoms with Crippen LogP contribution in [0.1, 0.15) is 38.3 Å². The van der Waals surface area contributed by atoms with E-state index in [-0.39, 0.29) is 5.91 Å². The zero-order valence-corrected chi connectivity index (χ0v) is 12.8. The molecule has 1 N–H and O–H groups in total. The molecule has 0 atom stereocenters. The minimum atomic E-state index is 0.0737. The number of unbranched alkanes of at least 4 members (excludes halogenated alkanes) is 2. The van der Waals surface area contributed by atoms with Crippen molar-refractivity contribution < 1.29 is 4.79 Å². The first-order chi connectivity index (χ1) is 9.11. The van der Waals surface area contributed by atoms with Crippen LogP contribution in [0.2, 0.25) is 0 Å². The molecule has 19 heavy (non-hydrogen) atoms. The summed E-state index contributed by atoms with van der Waals surface area (Å²) in [6, 6.07) is 3.78. The van der Waals surface area contributed by atoms with Crippen LogP contribution in [0.5, 0.6) is 0 Å². The number of nitrogens with zero attached hydrogens (tertiary/aromatic N) is 2. The van der Waals surface area contributed by atoms with Crippen molar-refractivity contribution in [3.05, 3.63) is 28.6 Å². The number of amides is 1. The number of halogens is 1. The first-order valence-corrected chi connectivity index (χ1v) is 7.35. The number of rotatable bonds is 5. The van der Waals surface area contributed by atoms with Gasteiger partial charge in [-0.05, 0) is 41.4 Å². The number of fused-ring (bicyclic) bond motifs is 1. The van der Waals surface area contributed by atoms with E-state index in [2.05, 4.69) is 33.2 Å². The fraction of sp³-hybridized carbons (Fsp3) is 0.429. The van der Waals surface area contributed by atoms with E-state index in [9.17, 15) is 4.79 Å². The SMILES string of the molecule is CCCCCC(=O)Nc1ccc2nc(Br)c(C)n2c1. The average molecular weight is 324 g/mol. The Kier molecular flexibility index (Phi) is 4.58. The zero-order valence-electron chi connectivity index (χ0n) is 11.2. The van der Waals surface area contributed by atoms with Crippen molar-refractivity contribution in [2.24, 2.45) is 0 Å². The standard InChI is InChI=1S/C14H18BrN3O/c1-3-4-5-6-13(19)16-11-7-8-12-17-14(15)10(2)18(12)9-11/h7-9H,3-6H2,1-2H3,(H,16,19). The summed E-state index contributed by atoms with van der Waals surface area (Å²) in [6.07, 6.45) is 5.65. The predicted molar refractivity (Wildman–Crippen MR) is 80.4 cm³/mol. The van der Waals surface area contributed by atoms with Gasteiger partial charge in [0.15, 0.2) is 0 Å². The molecule has 5 heteroatoms. The highest BCUT2D eigenvalue weighted by molar-refractivity contribution is 9.10. The molecule has 0 saturated heterocycles. The maximum Gasteiger partial charge on any atom is 0.224 e. The third kappa shape index (κ3) is 3.35. The van der Waals surface area contributed by atoms with Crippen LogP contribution in [-0.2, 0) is 4.79 Å². The van der Waals surface area contributed by atoms with E-state index in [0.717, 1.165) is 40.9 Å². The van der Waals surface area contributed by atoms with Gasteiger partial charge in [-0.2, -0.15) is 0 Å². The molecule has 2 aromatic rings. The van der Waals surface area contributed by atoms with E-state index in [0.29, 0.717) is 6.42 Å². The number of carbonyl (C=O) groups is 1. The van der Waals surface area contributed by atoms with Gasteiger partial charge < -0.3 is 9.72 Å². The van der Waals surface area contributed by atoms with E-state index in [1.165, 1.54) is 0 Å². The molecule has 0 saturated carbocycles. The summed E-state index contributed by atoms with van der Waals surface area (Å²) in [5.41, 5.74) is 2.70. The Hall–Kier alpha value is -1.36. The Balaban J connectivity index is 2.08. The van der Waals surface area contributed by atoms with E-state index >= 15 is 0 Å². The van der Waals surface area contributed by atoms with Crippen molar-refractivity contribution in [2.45, 2.75) is 39.5 Å². The fourth-order valence-corrected chi connectivity index (χ4v) is 2.34. The van der Waals surface area contributed by atoms with E-state index in [1.807, 2.05) is 29.7 Å². The zero-order chi connectivity index (χ0) is 13.8. The largest absolute Gasteiger partial charge is 0.325 e. The molecule has 0 aliphatic carbocycles. The Morgan fingerprint density at radius 3 is 2.95 bits per heavy atom. The third-order valence-electron chi connectivity index (χ3n) is 3.09. The molecule has 4 nitrogen and oxygen atoms in total. The first kappa shape index (κ1) is 14.1. The summed E-state index contributed by atoms with van der Waals surface area (Å²) >= 11 is 3.41. The molecule has 0 bridgehead atoms. The number of aryl methyl sites for hydroxylation is 1. The summed E-state index contributed by atoms with van der Waals surface area (Å²) in [6.45, 7) is 4.11. The molecule has 0 aromatic carbocycles. The van der Waals surface area contributed by atoms with Gasteiger partial charge in [0.2, 0.25) is 5.91 Å². The minimum Gasteiger partial charge on any atom is -0.325 e. The molecular weight excluding hydrogens is 306 g/mol. The van der Waals surface area contributed by atoms with Crippen LogP contribution in [0.25, 0.3) is 5.65 Å². The van der Waals surface area contributed by atoms with Gasteiger partial charge in [-0.15, -0.1) is 0 Å². The highest BCUT2D eigenvalue weighted by atomic mass is 79.9. The Labute approximate surface area is 121 Å². The molecule has 0 aliphatic rings. The predicted octanol–water partition coefficient (Wildman–Crippen LogP) is 3.92. The van der Waals surface area contributed by atoms with Crippen LogP contribution in [0.4, 0.5) is 5.69 Å². The number of nitrogens with one attached hydrogen (secondary N) is 1. The molecule has 0 unspecified atom stereocenters. The minimum absolute atomic E-state index is 0.0737. The number of carbonyl (C=O) groups excluding carboxylic acids is 1. The van der Waals surface area contributed by atoms with Crippen molar-refractivity contribution in [3.63, 3.8) is 0 Å². The molecule has 2 heterocycles. The summed E-state index contributed by atoms with van der Waals surface area (Å²) in [5.74, 6) is 0.0737. The summed E-state index contributed by atoms with van der Waals surface area (Å²) in [4.78, 5) is 16.1. The lowest BCUT2D eigenvalue weighted by atomic mass is 10.2.